The number of benzene rings is 2. The van der Waals surface area contributed by atoms with Crippen LogP contribution in [0.1, 0.15) is 17.5 Å². The number of nitriles is 1. The van der Waals surface area contributed by atoms with E-state index in [9.17, 15) is 9.18 Å². The summed E-state index contributed by atoms with van der Waals surface area (Å²) in [6.07, 6.45) is 0.884. The van der Waals surface area contributed by atoms with Gasteiger partial charge in [-0.2, -0.15) is 5.26 Å². The van der Waals surface area contributed by atoms with Gasteiger partial charge in [0.2, 0.25) is 5.91 Å². The predicted octanol–water partition coefficient (Wildman–Crippen LogP) is 3.27. The Hall–Kier alpha value is -2.67. The topological polar surface area (TPSA) is 52.9 Å². The van der Waals surface area contributed by atoms with Gasteiger partial charge >= 0.3 is 0 Å². The maximum atomic E-state index is 13.4. The first-order valence-corrected chi connectivity index (χ1v) is 6.23. The molecule has 1 amide bonds. The van der Waals surface area contributed by atoms with Crippen molar-refractivity contribution in [3.63, 3.8) is 0 Å². The number of nitrogens with zero attached hydrogens (tertiary/aromatic N) is 1. The van der Waals surface area contributed by atoms with Gasteiger partial charge in [-0.25, -0.2) is 4.39 Å². The number of nitrogens with one attached hydrogen (secondary N) is 1. The Morgan fingerprint density at radius 1 is 1.15 bits per heavy atom. The molecule has 0 aliphatic carbocycles. The van der Waals surface area contributed by atoms with Crippen LogP contribution in [0.2, 0.25) is 0 Å². The molecule has 0 radical (unpaired) electrons. The number of aryl methyl sites for hydroxylation is 1. The molecule has 100 valence electrons. The smallest absolute Gasteiger partial charge is 0.224 e. The lowest BCUT2D eigenvalue weighted by Crippen LogP contribution is -2.13. The van der Waals surface area contributed by atoms with E-state index in [0.29, 0.717) is 6.42 Å². The number of amides is 1. The monoisotopic (exact) mass is 268 g/mol. The van der Waals surface area contributed by atoms with Crippen molar-refractivity contribution in [1.82, 2.24) is 0 Å². The zero-order chi connectivity index (χ0) is 14.4. The first kappa shape index (κ1) is 13.8. The highest BCUT2D eigenvalue weighted by molar-refractivity contribution is 5.92. The fourth-order valence-corrected chi connectivity index (χ4v) is 1.86. The van der Waals surface area contributed by atoms with Crippen molar-refractivity contribution in [2.45, 2.75) is 12.8 Å². The number of hydrogen-bond acceptors (Lipinski definition) is 2. The number of halogens is 1. The SMILES string of the molecule is N#Cc1c(F)cccc1NC(=O)CCc1ccccc1. The highest BCUT2D eigenvalue weighted by Gasteiger charge is 2.10. The molecule has 0 aromatic heterocycles. The molecule has 0 saturated carbocycles. The van der Waals surface area contributed by atoms with Gasteiger partial charge in [0, 0.05) is 6.42 Å². The lowest BCUT2D eigenvalue weighted by molar-refractivity contribution is -0.116. The van der Waals surface area contributed by atoms with Gasteiger partial charge < -0.3 is 5.32 Å². The summed E-state index contributed by atoms with van der Waals surface area (Å²) in [5.41, 5.74) is 1.13. The van der Waals surface area contributed by atoms with Crippen LogP contribution in [0.25, 0.3) is 0 Å². The summed E-state index contributed by atoms with van der Waals surface area (Å²) in [5, 5.41) is 11.4. The standard InChI is InChI=1S/C16H13FN2O/c17-14-7-4-8-15(13(14)11-18)19-16(20)10-9-12-5-2-1-3-6-12/h1-8H,9-10H2,(H,19,20). The second-order valence-corrected chi connectivity index (χ2v) is 4.31. The van der Waals surface area contributed by atoms with Crippen LogP contribution in [0, 0.1) is 17.1 Å². The minimum Gasteiger partial charge on any atom is -0.325 e. The van der Waals surface area contributed by atoms with E-state index in [-0.39, 0.29) is 23.6 Å². The van der Waals surface area contributed by atoms with Gasteiger partial charge in [-0.15, -0.1) is 0 Å². The highest BCUT2D eigenvalue weighted by atomic mass is 19.1. The second-order valence-electron chi connectivity index (χ2n) is 4.31. The zero-order valence-electron chi connectivity index (χ0n) is 10.8. The molecule has 0 aliphatic heterocycles. The van der Waals surface area contributed by atoms with Crippen LogP contribution in [0.3, 0.4) is 0 Å². The lowest BCUT2D eigenvalue weighted by Gasteiger charge is -2.07. The van der Waals surface area contributed by atoms with Crippen LogP contribution in [0.4, 0.5) is 10.1 Å². The predicted molar refractivity (Wildman–Crippen MR) is 74.5 cm³/mol. The Morgan fingerprint density at radius 3 is 2.60 bits per heavy atom. The normalized spacial score (nSPS) is 9.80. The number of anilines is 1. The van der Waals surface area contributed by atoms with Crippen molar-refractivity contribution in [1.29, 1.82) is 5.26 Å². The average Bonchev–Trinajstić information content (AvgIpc) is 2.46. The lowest BCUT2D eigenvalue weighted by atomic mass is 10.1. The van der Waals surface area contributed by atoms with E-state index < -0.39 is 5.82 Å². The minimum atomic E-state index is -0.631. The van der Waals surface area contributed by atoms with Crippen molar-refractivity contribution >= 4 is 11.6 Å². The third-order valence-corrected chi connectivity index (χ3v) is 2.88. The van der Waals surface area contributed by atoms with Crippen LogP contribution >= 0.6 is 0 Å². The van der Waals surface area contributed by atoms with E-state index in [4.69, 9.17) is 5.26 Å². The molecule has 2 aromatic rings. The van der Waals surface area contributed by atoms with E-state index in [1.54, 1.807) is 6.07 Å². The molecular weight excluding hydrogens is 255 g/mol. The van der Waals surface area contributed by atoms with Crippen LogP contribution in [0.5, 0.6) is 0 Å². The summed E-state index contributed by atoms with van der Waals surface area (Å²) < 4.78 is 13.4. The van der Waals surface area contributed by atoms with Gasteiger partial charge in [0.25, 0.3) is 0 Å². The Balaban J connectivity index is 1.99. The van der Waals surface area contributed by atoms with Crippen LogP contribution in [-0.2, 0) is 11.2 Å². The summed E-state index contributed by atoms with van der Waals surface area (Å²) in [5.74, 6) is -0.871. The Morgan fingerprint density at radius 2 is 1.90 bits per heavy atom. The number of hydrogen-bond donors (Lipinski definition) is 1. The summed E-state index contributed by atoms with van der Waals surface area (Å²) in [6, 6.07) is 15.5. The van der Waals surface area contributed by atoms with E-state index in [2.05, 4.69) is 5.32 Å². The largest absolute Gasteiger partial charge is 0.325 e. The number of carbonyl (C=O) groups excluding carboxylic acids is 1. The van der Waals surface area contributed by atoms with Crippen molar-refractivity contribution in [3.8, 4) is 6.07 Å². The Labute approximate surface area is 116 Å². The Bertz CT molecular complexity index is 647. The molecule has 0 fully saturated rings. The molecule has 0 aliphatic rings. The van der Waals surface area contributed by atoms with E-state index in [1.807, 2.05) is 30.3 Å². The molecule has 0 heterocycles. The molecule has 0 saturated heterocycles. The molecule has 1 N–H and O–H groups in total. The first-order chi connectivity index (χ1) is 9.70. The first-order valence-electron chi connectivity index (χ1n) is 6.23. The Kier molecular flexibility index (Phi) is 4.46. The van der Waals surface area contributed by atoms with Crippen LogP contribution in [0.15, 0.2) is 48.5 Å². The maximum Gasteiger partial charge on any atom is 0.224 e. The van der Waals surface area contributed by atoms with Gasteiger partial charge in [0.15, 0.2) is 0 Å². The highest BCUT2D eigenvalue weighted by Crippen LogP contribution is 2.18. The van der Waals surface area contributed by atoms with Gasteiger partial charge in [0.1, 0.15) is 17.4 Å². The molecule has 4 heteroatoms. The fourth-order valence-electron chi connectivity index (χ4n) is 1.86. The minimum absolute atomic E-state index is 0.138. The summed E-state index contributed by atoms with van der Waals surface area (Å²) in [7, 11) is 0. The third-order valence-electron chi connectivity index (χ3n) is 2.88. The molecule has 0 atom stereocenters. The van der Waals surface area contributed by atoms with Crippen molar-refractivity contribution in [3.05, 3.63) is 65.5 Å². The van der Waals surface area contributed by atoms with Crippen molar-refractivity contribution in [2.75, 3.05) is 5.32 Å². The summed E-state index contributed by atoms with van der Waals surface area (Å²) in [6.45, 7) is 0. The second kappa shape index (κ2) is 6.48. The van der Waals surface area contributed by atoms with Crippen molar-refractivity contribution in [2.24, 2.45) is 0 Å². The zero-order valence-corrected chi connectivity index (χ0v) is 10.8. The van der Waals surface area contributed by atoms with Gasteiger partial charge in [-0.05, 0) is 24.1 Å². The van der Waals surface area contributed by atoms with E-state index in [0.717, 1.165) is 5.56 Å². The third kappa shape index (κ3) is 3.42. The average molecular weight is 268 g/mol. The number of rotatable bonds is 4. The molecular formula is C16H13FN2O. The van der Waals surface area contributed by atoms with Crippen LogP contribution < -0.4 is 5.32 Å². The maximum absolute atomic E-state index is 13.4. The molecule has 20 heavy (non-hydrogen) atoms. The summed E-state index contributed by atoms with van der Waals surface area (Å²) >= 11 is 0. The molecule has 3 nitrogen and oxygen atoms in total. The van der Waals surface area contributed by atoms with Gasteiger partial charge in [-0.1, -0.05) is 36.4 Å². The molecule has 2 aromatic carbocycles. The van der Waals surface area contributed by atoms with Gasteiger partial charge in [-0.3, -0.25) is 4.79 Å². The molecule has 0 spiro atoms. The number of carbonyl (C=O) groups is 1. The molecule has 0 bridgehead atoms. The van der Waals surface area contributed by atoms with Gasteiger partial charge in [0.05, 0.1) is 5.69 Å². The molecule has 2 rings (SSSR count). The van der Waals surface area contributed by atoms with Crippen LogP contribution in [-0.4, -0.2) is 5.91 Å². The molecule has 0 unspecified atom stereocenters. The van der Waals surface area contributed by atoms with E-state index >= 15 is 0 Å². The van der Waals surface area contributed by atoms with E-state index in [1.165, 1.54) is 18.2 Å². The fraction of sp³-hybridized carbons (Fsp3) is 0.125. The quantitative estimate of drug-likeness (QED) is 0.925. The van der Waals surface area contributed by atoms with Crippen molar-refractivity contribution < 1.29 is 9.18 Å². The summed E-state index contributed by atoms with van der Waals surface area (Å²) in [4.78, 5) is 11.8.